The average molecular weight is 267 g/mol. The molecule has 18 heavy (non-hydrogen) atoms. The Morgan fingerprint density at radius 2 is 2.28 bits per heavy atom. The monoisotopic (exact) mass is 267 g/mol. The molecule has 1 atom stereocenters. The number of hydrogen-bond donors (Lipinski definition) is 1. The summed E-state index contributed by atoms with van der Waals surface area (Å²) in [6.45, 7) is 0. The van der Waals surface area contributed by atoms with Crippen molar-refractivity contribution in [3.05, 3.63) is 42.2 Å². The van der Waals surface area contributed by atoms with Gasteiger partial charge < -0.3 is 10.3 Å². The first-order valence-corrected chi connectivity index (χ1v) is 6.79. The Labute approximate surface area is 107 Å². The van der Waals surface area contributed by atoms with Crippen molar-refractivity contribution < 1.29 is 8.60 Å². The fourth-order valence-corrected chi connectivity index (χ4v) is 2.80. The minimum Gasteiger partial charge on any atom is -0.398 e. The van der Waals surface area contributed by atoms with Crippen molar-refractivity contribution in [2.24, 2.45) is 7.05 Å². The highest BCUT2D eigenvalue weighted by Crippen LogP contribution is 2.18. The summed E-state index contributed by atoms with van der Waals surface area (Å²) in [6, 6.07) is 3.92. The van der Waals surface area contributed by atoms with E-state index in [2.05, 4.69) is 4.98 Å². The first-order chi connectivity index (χ1) is 8.58. The maximum Gasteiger partial charge on any atom is 0.124 e. The van der Waals surface area contributed by atoms with E-state index in [1.807, 2.05) is 17.8 Å². The Balaban J connectivity index is 2.08. The minimum absolute atomic E-state index is 0.351. The fourth-order valence-electron chi connectivity index (χ4n) is 1.64. The van der Waals surface area contributed by atoms with Crippen LogP contribution in [0.15, 0.2) is 35.5 Å². The standard InChI is InChI=1S/C12H14FN3OS/c1-16-6-5-15-12(16)4-7-18(17)11-8-9(13)2-3-10(11)14/h2-3,5-6,8H,4,7,14H2,1H3. The molecule has 2 N–H and O–H groups in total. The number of nitrogen functional groups attached to an aromatic ring is 1. The lowest BCUT2D eigenvalue weighted by atomic mass is 10.3. The molecule has 4 nitrogen and oxygen atoms in total. The number of rotatable bonds is 4. The second kappa shape index (κ2) is 5.30. The smallest absolute Gasteiger partial charge is 0.124 e. The molecule has 1 aromatic carbocycles. The van der Waals surface area contributed by atoms with Crippen molar-refractivity contribution in [2.75, 3.05) is 11.5 Å². The van der Waals surface area contributed by atoms with Crippen LogP contribution in [0.1, 0.15) is 5.82 Å². The number of benzene rings is 1. The van der Waals surface area contributed by atoms with Crippen molar-refractivity contribution in [1.82, 2.24) is 9.55 Å². The quantitative estimate of drug-likeness (QED) is 0.854. The second-order valence-electron chi connectivity index (χ2n) is 3.94. The largest absolute Gasteiger partial charge is 0.398 e. The van der Waals surface area contributed by atoms with Gasteiger partial charge >= 0.3 is 0 Å². The predicted molar refractivity (Wildman–Crippen MR) is 69.0 cm³/mol. The van der Waals surface area contributed by atoms with Gasteiger partial charge in [-0.05, 0) is 18.2 Å². The van der Waals surface area contributed by atoms with Gasteiger partial charge in [-0.1, -0.05) is 0 Å². The Hall–Kier alpha value is -1.69. The van der Waals surface area contributed by atoms with Gasteiger partial charge in [0, 0.05) is 37.3 Å². The molecule has 0 aliphatic heterocycles. The van der Waals surface area contributed by atoms with Crippen LogP contribution in [0.4, 0.5) is 10.1 Å². The molecule has 0 aliphatic carbocycles. The van der Waals surface area contributed by atoms with Crippen molar-refractivity contribution in [1.29, 1.82) is 0 Å². The molecular formula is C12H14FN3OS. The summed E-state index contributed by atoms with van der Waals surface area (Å²) in [6.07, 6.45) is 4.08. The molecule has 2 aromatic rings. The van der Waals surface area contributed by atoms with E-state index in [1.54, 1.807) is 6.20 Å². The molecule has 0 saturated carbocycles. The van der Waals surface area contributed by atoms with E-state index in [0.717, 1.165) is 5.82 Å². The van der Waals surface area contributed by atoms with E-state index in [0.29, 0.717) is 22.8 Å². The van der Waals surface area contributed by atoms with Crippen LogP contribution in [0.25, 0.3) is 0 Å². The lowest BCUT2D eigenvalue weighted by Gasteiger charge is -2.06. The summed E-state index contributed by atoms with van der Waals surface area (Å²) in [5.74, 6) is 0.793. The predicted octanol–water partition coefficient (Wildman–Crippen LogP) is 1.49. The maximum absolute atomic E-state index is 13.1. The van der Waals surface area contributed by atoms with E-state index in [9.17, 15) is 8.60 Å². The first-order valence-electron chi connectivity index (χ1n) is 5.47. The minimum atomic E-state index is -1.32. The van der Waals surface area contributed by atoms with Gasteiger partial charge in [-0.15, -0.1) is 0 Å². The molecule has 1 aromatic heterocycles. The van der Waals surface area contributed by atoms with Crippen molar-refractivity contribution in [3.63, 3.8) is 0 Å². The number of anilines is 1. The molecule has 0 saturated heterocycles. The lowest BCUT2D eigenvalue weighted by molar-refractivity contribution is 0.623. The number of nitrogens with two attached hydrogens (primary N) is 1. The van der Waals surface area contributed by atoms with Crippen LogP contribution in [-0.4, -0.2) is 19.5 Å². The molecule has 0 fully saturated rings. The third kappa shape index (κ3) is 2.76. The summed E-state index contributed by atoms with van der Waals surface area (Å²) in [5, 5.41) is 0. The van der Waals surface area contributed by atoms with Gasteiger partial charge in [-0.3, -0.25) is 4.21 Å². The molecule has 0 bridgehead atoms. The fraction of sp³-hybridized carbons (Fsp3) is 0.250. The third-order valence-corrected chi connectivity index (χ3v) is 4.07. The zero-order valence-electron chi connectivity index (χ0n) is 9.97. The number of imidazole rings is 1. The zero-order chi connectivity index (χ0) is 13.1. The molecule has 1 unspecified atom stereocenters. The van der Waals surface area contributed by atoms with Crippen LogP contribution >= 0.6 is 0 Å². The van der Waals surface area contributed by atoms with Crippen LogP contribution in [0.2, 0.25) is 0 Å². The summed E-state index contributed by atoms with van der Waals surface area (Å²) < 4.78 is 27.0. The van der Waals surface area contributed by atoms with E-state index in [-0.39, 0.29) is 0 Å². The summed E-state index contributed by atoms with van der Waals surface area (Å²) >= 11 is 0. The lowest BCUT2D eigenvalue weighted by Crippen LogP contribution is -2.08. The van der Waals surface area contributed by atoms with Crippen LogP contribution in [-0.2, 0) is 24.3 Å². The van der Waals surface area contributed by atoms with Gasteiger partial charge in [0.05, 0.1) is 15.7 Å². The Morgan fingerprint density at radius 1 is 1.50 bits per heavy atom. The number of nitrogens with zero attached hydrogens (tertiary/aromatic N) is 2. The van der Waals surface area contributed by atoms with E-state index in [1.165, 1.54) is 18.2 Å². The SMILES string of the molecule is Cn1ccnc1CCS(=O)c1cc(F)ccc1N. The first kappa shape index (κ1) is 12.8. The van der Waals surface area contributed by atoms with Gasteiger partial charge in [0.1, 0.15) is 11.6 Å². The Kier molecular flexibility index (Phi) is 3.76. The number of aromatic nitrogens is 2. The summed E-state index contributed by atoms with van der Waals surface area (Å²) in [4.78, 5) is 4.50. The average Bonchev–Trinajstić information content (AvgIpc) is 2.75. The molecule has 6 heteroatoms. The van der Waals surface area contributed by atoms with E-state index < -0.39 is 16.6 Å². The third-order valence-electron chi connectivity index (χ3n) is 2.65. The Morgan fingerprint density at radius 3 is 2.94 bits per heavy atom. The zero-order valence-corrected chi connectivity index (χ0v) is 10.8. The highest BCUT2D eigenvalue weighted by atomic mass is 32.2. The molecule has 1 heterocycles. The van der Waals surface area contributed by atoms with Gasteiger partial charge in [0.15, 0.2) is 0 Å². The van der Waals surface area contributed by atoms with Gasteiger partial charge in [0.25, 0.3) is 0 Å². The van der Waals surface area contributed by atoms with Crippen molar-refractivity contribution >= 4 is 16.5 Å². The van der Waals surface area contributed by atoms with E-state index in [4.69, 9.17) is 5.73 Å². The maximum atomic E-state index is 13.1. The highest BCUT2D eigenvalue weighted by Gasteiger charge is 2.10. The van der Waals surface area contributed by atoms with E-state index >= 15 is 0 Å². The molecule has 0 spiro atoms. The van der Waals surface area contributed by atoms with Crippen LogP contribution < -0.4 is 5.73 Å². The number of aryl methyl sites for hydroxylation is 2. The highest BCUT2D eigenvalue weighted by molar-refractivity contribution is 7.85. The Bertz CT molecular complexity index is 582. The van der Waals surface area contributed by atoms with Crippen LogP contribution in [0.5, 0.6) is 0 Å². The normalized spacial score (nSPS) is 12.6. The van der Waals surface area contributed by atoms with Crippen LogP contribution in [0, 0.1) is 5.82 Å². The van der Waals surface area contributed by atoms with Gasteiger partial charge in [-0.2, -0.15) is 0 Å². The summed E-state index contributed by atoms with van der Waals surface area (Å²) in [7, 11) is 0.560. The molecule has 0 aliphatic rings. The molecule has 0 amide bonds. The molecule has 96 valence electrons. The molecule has 0 radical (unpaired) electrons. The number of hydrogen-bond acceptors (Lipinski definition) is 3. The van der Waals surface area contributed by atoms with Crippen molar-refractivity contribution in [3.8, 4) is 0 Å². The topological polar surface area (TPSA) is 60.9 Å². The summed E-state index contributed by atoms with van der Waals surface area (Å²) in [5.41, 5.74) is 6.04. The molecular weight excluding hydrogens is 253 g/mol. The van der Waals surface area contributed by atoms with Gasteiger partial charge in [-0.25, -0.2) is 9.37 Å². The van der Waals surface area contributed by atoms with Crippen molar-refractivity contribution in [2.45, 2.75) is 11.3 Å². The van der Waals surface area contributed by atoms with Gasteiger partial charge in [0.2, 0.25) is 0 Å². The molecule has 2 rings (SSSR count). The second-order valence-corrected chi connectivity index (χ2v) is 5.48. The number of halogens is 1. The van der Waals surface area contributed by atoms with Crippen LogP contribution in [0.3, 0.4) is 0 Å².